The van der Waals surface area contributed by atoms with Crippen molar-refractivity contribution in [3.63, 3.8) is 0 Å². The zero-order chi connectivity index (χ0) is 14.6. The highest BCUT2D eigenvalue weighted by molar-refractivity contribution is 5.42. The van der Waals surface area contributed by atoms with E-state index in [0.717, 1.165) is 19.3 Å². The minimum absolute atomic E-state index is 0.361. The highest BCUT2D eigenvalue weighted by Crippen LogP contribution is 2.50. The Bertz CT molecular complexity index is 562. The molecule has 0 fully saturated rings. The van der Waals surface area contributed by atoms with E-state index in [1.807, 2.05) is 18.2 Å². The second kappa shape index (κ2) is 5.93. The Kier molecular flexibility index (Phi) is 4.26. The van der Waals surface area contributed by atoms with E-state index in [1.54, 1.807) is 0 Å². The Morgan fingerprint density at radius 1 is 1.40 bits per heavy atom. The first-order chi connectivity index (χ1) is 9.74. The van der Waals surface area contributed by atoms with E-state index in [9.17, 15) is 10.5 Å². The smallest absolute Gasteiger partial charge is 0.143 e. The lowest BCUT2D eigenvalue weighted by Gasteiger charge is -2.46. The second-order valence-electron chi connectivity index (χ2n) is 5.53. The number of nitriles is 2. The third-order valence-corrected chi connectivity index (χ3v) is 4.76. The van der Waals surface area contributed by atoms with Gasteiger partial charge in [0.05, 0.1) is 12.1 Å². The van der Waals surface area contributed by atoms with Crippen LogP contribution in [0.3, 0.4) is 0 Å². The van der Waals surface area contributed by atoms with Crippen LogP contribution in [0.4, 0.5) is 0 Å². The maximum absolute atomic E-state index is 9.50. The van der Waals surface area contributed by atoms with Crippen LogP contribution in [0.5, 0.6) is 0 Å². The van der Waals surface area contributed by atoms with E-state index in [1.165, 1.54) is 11.1 Å². The lowest BCUT2D eigenvalue weighted by molar-refractivity contribution is 0.198. The molecule has 0 aliphatic heterocycles. The summed E-state index contributed by atoms with van der Waals surface area (Å²) in [4.78, 5) is 0. The van der Waals surface area contributed by atoms with Gasteiger partial charge in [-0.2, -0.15) is 10.5 Å². The van der Waals surface area contributed by atoms with Gasteiger partial charge in [-0.3, -0.25) is 0 Å². The third-order valence-electron chi connectivity index (χ3n) is 4.76. The molecule has 0 N–H and O–H groups in total. The van der Waals surface area contributed by atoms with Gasteiger partial charge in [0.15, 0.2) is 0 Å². The van der Waals surface area contributed by atoms with Crippen LogP contribution in [0.1, 0.15) is 37.3 Å². The largest absolute Gasteiger partial charge is 0.197 e. The van der Waals surface area contributed by atoms with Crippen LogP contribution in [0.2, 0.25) is 0 Å². The van der Waals surface area contributed by atoms with Gasteiger partial charge < -0.3 is 0 Å². The van der Waals surface area contributed by atoms with E-state index in [-0.39, 0.29) is 0 Å². The van der Waals surface area contributed by atoms with Crippen LogP contribution in [0.25, 0.3) is 0 Å². The molecule has 1 aromatic carbocycles. The molecule has 2 nitrogen and oxygen atoms in total. The summed E-state index contributed by atoms with van der Waals surface area (Å²) in [6, 6.07) is 12.8. The highest BCUT2D eigenvalue weighted by Gasteiger charge is 2.48. The number of benzene rings is 1. The average molecular weight is 264 g/mol. The molecule has 0 radical (unpaired) electrons. The molecule has 0 unspecified atom stereocenters. The predicted octanol–water partition coefficient (Wildman–Crippen LogP) is 4.14. The minimum Gasteiger partial charge on any atom is -0.197 e. The molecule has 1 aromatic rings. The third kappa shape index (κ3) is 2.02. The van der Waals surface area contributed by atoms with Crippen LogP contribution in [0.15, 0.2) is 36.9 Å². The Labute approximate surface area is 121 Å². The SMILES string of the molecule is C=CC[C@@]1(C(C#N)C#N)c2ccccc2CC[C@@H]1CC. The van der Waals surface area contributed by atoms with Gasteiger partial charge in [0.2, 0.25) is 0 Å². The molecule has 2 rings (SSSR count). The standard InChI is InChI=1S/C18H20N2/c1-3-11-18(16(12-19)13-20)15(4-2)10-9-14-7-5-6-8-17(14)18/h3,5-8,15-16H,1,4,9-11H2,2H3/t15-,18+/m0/s1. The van der Waals surface area contributed by atoms with Crippen molar-refractivity contribution in [1.82, 2.24) is 0 Å². The Hall–Kier alpha value is -2.06. The summed E-state index contributed by atoms with van der Waals surface area (Å²) in [7, 11) is 0. The van der Waals surface area contributed by atoms with Crippen molar-refractivity contribution in [2.45, 2.75) is 38.0 Å². The molecular weight excluding hydrogens is 244 g/mol. The van der Waals surface area contributed by atoms with Crippen molar-refractivity contribution in [3.05, 3.63) is 48.0 Å². The van der Waals surface area contributed by atoms with E-state index in [0.29, 0.717) is 12.3 Å². The first-order valence-electron chi connectivity index (χ1n) is 7.23. The van der Waals surface area contributed by atoms with Crippen LogP contribution >= 0.6 is 0 Å². The molecule has 1 aliphatic rings. The molecule has 0 saturated heterocycles. The van der Waals surface area contributed by atoms with Crippen molar-refractivity contribution in [1.29, 1.82) is 10.5 Å². The highest BCUT2D eigenvalue weighted by atomic mass is 14.5. The van der Waals surface area contributed by atoms with Gasteiger partial charge >= 0.3 is 0 Å². The van der Waals surface area contributed by atoms with Crippen molar-refractivity contribution >= 4 is 0 Å². The van der Waals surface area contributed by atoms with Crippen molar-refractivity contribution in [2.24, 2.45) is 11.8 Å². The van der Waals surface area contributed by atoms with Crippen molar-refractivity contribution in [3.8, 4) is 12.1 Å². The van der Waals surface area contributed by atoms with Crippen molar-refractivity contribution < 1.29 is 0 Å². The quantitative estimate of drug-likeness (QED) is 0.767. The Morgan fingerprint density at radius 3 is 2.70 bits per heavy atom. The lowest BCUT2D eigenvalue weighted by Crippen LogP contribution is -2.44. The number of rotatable bonds is 4. The number of hydrogen-bond acceptors (Lipinski definition) is 2. The molecule has 1 aliphatic carbocycles. The van der Waals surface area contributed by atoms with Crippen molar-refractivity contribution in [2.75, 3.05) is 0 Å². The first-order valence-corrected chi connectivity index (χ1v) is 7.23. The van der Waals surface area contributed by atoms with Crippen LogP contribution in [-0.2, 0) is 11.8 Å². The Balaban J connectivity index is 2.70. The number of fused-ring (bicyclic) bond motifs is 1. The van der Waals surface area contributed by atoms with E-state index >= 15 is 0 Å². The topological polar surface area (TPSA) is 47.6 Å². The monoisotopic (exact) mass is 264 g/mol. The molecule has 102 valence electrons. The molecule has 0 bridgehead atoms. The summed E-state index contributed by atoms with van der Waals surface area (Å²) in [6.45, 7) is 6.03. The van der Waals surface area contributed by atoms with Crippen LogP contribution in [0, 0.1) is 34.5 Å². The molecule has 0 amide bonds. The normalized spacial score (nSPS) is 24.5. The van der Waals surface area contributed by atoms with Crippen LogP contribution < -0.4 is 0 Å². The zero-order valence-corrected chi connectivity index (χ0v) is 12.0. The average Bonchev–Trinajstić information content (AvgIpc) is 2.49. The molecule has 0 spiro atoms. The van der Waals surface area contributed by atoms with Crippen LogP contribution in [-0.4, -0.2) is 0 Å². The summed E-state index contributed by atoms with van der Waals surface area (Å²) < 4.78 is 0. The second-order valence-corrected chi connectivity index (χ2v) is 5.53. The molecule has 0 heterocycles. The van der Waals surface area contributed by atoms with E-state index in [4.69, 9.17) is 0 Å². The summed E-state index contributed by atoms with van der Waals surface area (Å²) in [5.41, 5.74) is 2.08. The molecule has 0 saturated carbocycles. The number of hydrogen-bond donors (Lipinski definition) is 0. The molecule has 2 heteroatoms. The summed E-state index contributed by atoms with van der Waals surface area (Å²) in [5.74, 6) is -0.258. The van der Waals surface area contributed by atoms with Gasteiger partial charge in [-0.05, 0) is 36.3 Å². The number of aryl methyl sites for hydroxylation is 1. The van der Waals surface area contributed by atoms with E-state index < -0.39 is 11.3 Å². The fourth-order valence-corrected chi connectivity index (χ4v) is 3.85. The predicted molar refractivity (Wildman–Crippen MR) is 79.8 cm³/mol. The van der Waals surface area contributed by atoms with Gasteiger partial charge in [0, 0.05) is 5.41 Å². The fourth-order valence-electron chi connectivity index (χ4n) is 3.85. The molecule has 2 atom stereocenters. The number of nitrogens with zero attached hydrogens (tertiary/aromatic N) is 2. The zero-order valence-electron chi connectivity index (χ0n) is 12.0. The van der Waals surface area contributed by atoms with Gasteiger partial charge in [0.1, 0.15) is 5.92 Å². The fraction of sp³-hybridized carbons (Fsp3) is 0.444. The molecule has 0 aromatic heterocycles. The lowest BCUT2D eigenvalue weighted by atomic mass is 9.55. The Morgan fingerprint density at radius 2 is 2.10 bits per heavy atom. The molecular formula is C18H20N2. The molecule has 20 heavy (non-hydrogen) atoms. The maximum atomic E-state index is 9.50. The minimum atomic E-state index is -0.619. The summed E-state index contributed by atoms with van der Waals surface area (Å²) >= 11 is 0. The van der Waals surface area contributed by atoms with Gasteiger partial charge in [-0.15, -0.1) is 6.58 Å². The summed E-state index contributed by atoms with van der Waals surface area (Å²) in [5, 5.41) is 19.0. The maximum Gasteiger partial charge on any atom is 0.143 e. The summed E-state index contributed by atoms with van der Waals surface area (Å²) in [6.07, 6.45) is 5.63. The number of allylic oxidation sites excluding steroid dienone is 1. The van der Waals surface area contributed by atoms with Gasteiger partial charge in [0.25, 0.3) is 0 Å². The van der Waals surface area contributed by atoms with Gasteiger partial charge in [-0.1, -0.05) is 43.7 Å². The van der Waals surface area contributed by atoms with E-state index in [2.05, 4.69) is 37.8 Å². The van der Waals surface area contributed by atoms with Gasteiger partial charge in [-0.25, -0.2) is 0 Å². The first kappa shape index (κ1) is 14.4.